The molecule has 1 aliphatic carbocycles. The SMILES string of the molecule is COC(=O)C1CCC(N(C)CC2CCN(c3ccc(CN)cc3)CC2)CC1.Cl.Cl.Cl. The van der Waals surface area contributed by atoms with Gasteiger partial charge in [-0.1, -0.05) is 12.1 Å². The van der Waals surface area contributed by atoms with E-state index in [0.717, 1.165) is 44.7 Å². The third kappa shape index (κ3) is 7.76. The van der Waals surface area contributed by atoms with E-state index in [9.17, 15) is 4.79 Å². The van der Waals surface area contributed by atoms with E-state index in [1.54, 1.807) is 0 Å². The molecule has 0 aromatic heterocycles. The number of benzene rings is 1. The van der Waals surface area contributed by atoms with Gasteiger partial charge in [-0.15, -0.1) is 37.2 Å². The minimum absolute atomic E-state index is 0. The molecule has 0 unspecified atom stereocenters. The highest BCUT2D eigenvalue weighted by Gasteiger charge is 2.30. The lowest BCUT2D eigenvalue weighted by molar-refractivity contribution is -0.146. The zero-order valence-electron chi connectivity index (χ0n) is 18.1. The van der Waals surface area contributed by atoms with Gasteiger partial charge >= 0.3 is 5.97 Å². The largest absolute Gasteiger partial charge is 0.469 e. The van der Waals surface area contributed by atoms with E-state index in [1.807, 2.05) is 0 Å². The number of nitrogens with two attached hydrogens (primary N) is 1. The number of piperidine rings is 1. The van der Waals surface area contributed by atoms with Crippen LogP contribution in [0.25, 0.3) is 0 Å². The molecule has 1 aromatic carbocycles. The molecule has 30 heavy (non-hydrogen) atoms. The summed E-state index contributed by atoms with van der Waals surface area (Å²) < 4.78 is 4.90. The van der Waals surface area contributed by atoms with Gasteiger partial charge in [0.1, 0.15) is 0 Å². The van der Waals surface area contributed by atoms with Gasteiger partial charge in [-0.05, 0) is 69.2 Å². The van der Waals surface area contributed by atoms with Crippen LogP contribution in [0.4, 0.5) is 5.69 Å². The lowest BCUT2D eigenvalue weighted by Gasteiger charge is -2.39. The van der Waals surface area contributed by atoms with Crippen LogP contribution in [0.2, 0.25) is 0 Å². The topological polar surface area (TPSA) is 58.8 Å². The van der Waals surface area contributed by atoms with Gasteiger partial charge in [0.15, 0.2) is 0 Å². The van der Waals surface area contributed by atoms with E-state index < -0.39 is 0 Å². The molecule has 1 aromatic rings. The van der Waals surface area contributed by atoms with Crippen LogP contribution in [0, 0.1) is 11.8 Å². The molecule has 0 atom stereocenters. The van der Waals surface area contributed by atoms with Crippen LogP contribution >= 0.6 is 37.2 Å². The van der Waals surface area contributed by atoms with Crippen LogP contribution in [0.5, 0.6) is 0 Å². The predicted octanol–water partition coefficient (Wildman–Crippen LogP) is 4.29. The fourth-order valence-corrected chi connectivity index (χ4v) is 4.69. The Kier molecular flexibility index (Phi) is 14.0. The van der Waals surface area contributed by atoms with Crippen molar-refractivity contribution >= 4 is 48.9 Å². The number of esters is 1. The van der Waals surface area contributed by atoms with Crippen LogP contribution in [0.1, 0.15) is 44.1 Å². The number of rotatable bonds is 6. The standard InChI is InChI=1S/C22H35N3O2.3ClH/c1-24(20-9-5-19(6-10-20)22(26)27-2)16-18-11-13-25(14-12-18)21-7-3-17(15-23)4-8-21;;;/h3-4,7-8,18-20H,5-6,9-16,23H2,1-2H3;3*1H. The second kappa shape index (κ2) is 14.4. The van der Waals surface area contributed by atoms with Gasteiger partial charge in [-0.2, -0.15) is 0 Å². The second-order valence-electron chi connectivity index (χ2n) is 8.27. The number of hydrogen-bond acceptors (Lipinski definition) is 5. The summed E-state index contributed by atoms with van der Waals surface area (Å²) in [6, 6.07) is 9.30. The van der Waals surface area contributed by atoms with Crippen molar-refractivity contribution in [3.8, 4) is 0 Å². The van der Waals surface area contributed by atoms with Crippen molar-refractivity contribution in [2.45, 2.75) is 51.1 Å². The average molecular weight is 483 g/mol. The summed E-state index contributed by atoms with van der Waals surface area (Å²) in [5.41, 5.74) is 8.20. The Morgan fingerprint density at radius 2 is 1.60 bits per heavy atom. The van der Waals surface area contributed by atoms with Crippen LogP contribution in [-0.2, 0) is 16.1 Å². The number of halogens is 3. The fourth-order valence-electron chi connectivity index (χ4n) is 4.69. The van der Waals surface area contributed by atoms with Crippen LogP contribution in [-0.4, -0.2) is 50.7 Å². The molecule has 0 bridgehead atoms. The van der Waals surface area contributed by atoms with E-state index in [4.69, 9.17) is 10.5 Å². The van der Waals surface area contributed by atoms with Crippen LogP contribution in [0.15, 0.2) is 24.3 Å². The second-order valence-corrected chi connectivity index (χ2v) is 8.27. The third-order valence-electron chi connectivity index (χ3n) is 6.55. The van der Waals surface area contributed by atoms with Gasteiger partial charge in [0, 0.05) is 37.9 Å². The van der Waals surface area contributed by atoms with E-state index in [0.29, 0.717) is 12.6 Å². The molecule has 3 rings (SSSR count). The minimum atomic E-state index is -0.0250. The van der Waals surface area contributed by atoms with Crippen molar-refractivity contribution in [2.24, 2.45) is 17.6 Å². The van der Waals surface area contributed by atoms with Crippen molar-refractivity contribution in [3.63, 3.8) is 0 Å². The minimum Gasteiger partial charge on any atom is -0.469 e. The van der Waals surface area contributed by atoms with Crippen molar-refractivity contribution in [2.75, 3.05) is 38.7 Å². The first-order valence-corrected chi connectivity index (χ1v) is 10.4. The molecule has 2 N–H and O–H groups in total. The van der Waals surface area contributed by atoms with Gasteiger partial charge < -0.3 is 20.3 Å². The molecular weight excluding hydrogens is 445 g/mol. The molecule has 1 aliphatic heterocycles. The lowest BCUT2D eigenvalue weighted by atomic mass is 9.85. The maximum atomic E-state index is 11.7. The monoisotopic (exact) mass is 481 g/mol. The summed E-state index contributed by atoms with van der Waals surface area (Å²) in [4.78, 5) is 16.7. The summed E-state index contributed by atoms with van der Waals surface area (Å²) in [5, 5.41) is 0. The number of anilines is 1. The number of carbonyl (C=O) groups excluding carboxylic acids is 1. The summed E-state index contributed by atoms with van der Waals surface area (Å²) >= 11 is 0. The van der Waals surface area contributed by atoms with E-state index >= 15 is 0 Å². The van der Waals surface area contributed by atoms with Gasteiger partial charge in [0.25, 0.3) is 0 Å². The Bertz CT molecular complexity index is 602. The van der Waals surface area contributed by atoms with Gasteiger partial charge in [-0.25, -0.2) is 0 Å². The summed E-state index contributed by atoms with van der Waals surface area (Å²) in [6.07, 6.45) is 6.67. The maximum Gasteiger partial charge on any atom is 0.308 e. The number of nitrogens with zero attached hydrogens (tertiary/aromatic N) is 2. The molecule has 174 valence electrons. The zero-order valence-corrected chi connectivity index (χ0v) is 20.6. The summed E-state index contributed by atoms with van der Waals surface area (Å²) in [6.45, 7) is 4.05. The molecule has 2 aliphatic rings. The van der Waals surface area contributed by atoms with E-state index in [-0.39, 0.29) is 49.1 Å². The van der Waals surface area contributed by atoms with Crippen molar-refractivity contribution in [3.05, 3.63) is 29.8 Å². The molecule has 5 nitrogen and oxygen atoms in total. The zero-order chi connectivity index (χ0) is 19.2. The van der Waals surface area contributed by atoms with Gasteiger partial charge in [0.2, 0.25) is 0 Å². The summed E-state index contributed by atoms with van der Waals surface area (Å²) in [7, 11) is 3.76. The first kappa shape index (κ1) is 29.3. The van der Waals surface area contributed by atoms with Crippen molar-refractivity contribution < 1.29 is 9.53 Å². The van der Waals surface area contributed by atoms with Crippen molar-refractivity contribution in [1.82, 2.24) is 4.90 Å². The molecule has 1 heterocycles. The van der Waals surface area contributed by atoms with Gasteiger partial charge in [0.05, 0.1) is 13.0 Å². The highest BCUT2D eigenvalue weighted by molar-refractivity contribution is 5.86. The van der Waals surface area contributed by atoms with E-state index in [2.05, 4.69) is 41.1 Å². The highest BCUT2D eigenvalue weighted by Crippen LogP contribution is 2.30. The van der Waals surface area contributed by atoms with Crippen LogP contribution in [0.3, 0.4) is 0 Å². The molecule has 1 saturated heterocycles. The molecular formula is C22H38Cl3N3O2. The quantitative estimate of drug-likeness (QED) is 0.613. The lowest BCUT2D eigenvalue weighted by Crippen LogP contribution is -2.42. The molecule has 1 saturated carbocycles. The molecule has 8 heteroatoms. The number of methoxy groups -OCH3 is 1. The Hall–Kier alpha value is -0.720. The molecule has 0 amide bonds. The normalized spacial score (nSPS) is 21.8. The Morgan fingerprint density at radius 1 is 1.03 bits per heavy atom. The molecule has 2 fully saturated rings. The first-order chi connectivity index (χ1) is 13.1. The van der Waals surface area contributed by atoms with Gasteiger partial charge in [-0.3, -0.25) is 4.79 Å². The number of hydrogen-bond donors (Lipinski definition) is 1. The predicted molar refractivity (Wildman–Crippen MR) is 131 cm³/mol. The van der Waals surface area contributed by atoms with Crippen LogP contribution < -0.4 is 10.6 Å². The smallest absolute Gasteiger partial charge is 0.308 e. The highest BCUT2D eigenvalue weighted by atomic mass is 35.5. The fraction of sp³-hybridized carbons (Fsp3) is 0.682. The first-order valence-electron chi connectivity index (χ1n) is 10.4. The molecule has 0 spiro atoms. The number of carbonyl (C=O) groups is 1. The summed E-state index contributed by atoms with van der Waals surface area (Å²) in [5.74, 6) is 0.865. The van der Waals surface area contributed by atoms with Crippen molar-refractivity contribution in [1.29, 1.82) is 0 Å². The van der Waals surface area contributed by atoms with E-state index in [1.165, 1.54) is 37.7 Å². The number of ether oxygens (including phenoxy) is 1. The average Bonchev–Trinajstić information content (AvgIpc) is 2.74. The Morgan fingerprint density at radius 3 is 2.10 bits per heavy atom. The Balaban J connectivity index is 0.00000280. The Labute approximate surface area is 200 Å². The third-order valence-corrected chi connectivity index (χ3v) is 6.55. The maximum absolute atomic E-state index is 11.7. The molecule has 0 radical (unpaired) electrons.